The molecule has 0 amide bonds. The minimum absolute atomic E-state index is 0.292. The molecule has 1 atom stereocenters. The number of unbranched alkanes of at least 4 members (excludes halogenated alkanes) is 3. The Morgan fingerprint density at radius 1 is 1.32 bits per heavy atom. The smallest absolute Gasteiger partial charge is 0.320 e. The molecule has 0 aromatic heterocycles. The average Bonchev–Trinajstić information content (AvgIpc) is 2.40. The molecule has 0 aliphatic rings. The first-order valence-corrected chi connectivity index (χ1v) is 6.84. The number of carbonyl (C=O) groups is 1. The van der Waals surface area contributed by atoms with Gasteiger partial charge in [0.05, 0.1) is 6.61 Å². The second-order valence-electron chi connectivity index (χ2n) is 4.67. The average molecular weight is 265 g/mol. The van der Waals surface area contributed by atoms with Gasteiger partial charge in [0.15, 0.2) is 0 Å². The first kappa shape index (κ1) is 15.5. The zero-order valence-electron chi connectivity index (χ0n) is 11.5. The molecule has 0 saturated heterocycles. The maximum atomic E-state index is 10.8. The van der Waals surface area contributed by atoms with E-state index in [2.05, 4.69) is 6.92 Å². The molecule has 106 valence electrons. The monoisotopic (exact) mass is 265 g/mol. The number of carboxylic acid groups (broad SMARTS) is 1. The molecular weight excluding hydrogens is 242 g/mol. The van der Waals surface area contributed by atoms with Gasteiger partial charge in [0.25, 0.3) is 0 Å². The molecule has 1 aromatic carbocycles. The number of ether oxygens (including phenoxy) is 1. The lowest BCUT2D eigenvalue weighted by atomic mass is 10.1. The summed E-state index contributed by atoms with van der Waals surface area (Å²) in [7, 11) is 0. The van der Waals surface area contributed by atoms with E-state index in [0.717, 1.165) is 24.2 Å². The number of carboxylic acids is 1. The number of benzene rings is 1. The second kappa shape index (κ2) is 8.53. The Balaban J connectivity index is 2.50. The van der Waals surface area contributed by atoms with Crippen molar-refractivity contribution in [2.75, 3.05) is 6.61 Å². The summed E-state index contributed by atoms with van der Waals surface area (Å²) in [5.74, 6) is -0.242. The third-order valence-electron chi connectivity index (χ3n) is 2.99. The summed E-state index contributed by atoms with van der Waals surface area (Å²) < 4.78 is 5.72. The Bertz CT molecular complexity index is 393. The van der Waals surface area contributed by atoms with Gasteiger partial charge >= 0.3 is 5.97 Å². The standard InChI is InChI=1S/C15H23NO3/c1-2-3-4-7-10-19-14-9-6-5-8-12(14)11-13(16)15(17)18/h5-6,8-9,13H,2-4,7,10-11,16H2,1H3,(H,17,18). The second-order valence-corrected chi connectivity index (χ2v) is 4.67. The lowest BCUT2D eigenvalue weighted by molar-refractivity contribution is -0.138. The maximum absolute atomic E-state index is 10.8. The van der Waals surface area contributed by atoms with Gasteiger partial charge in [-0.2, -0.15) is 0 Å². The third kappa shape index (κ3) is 5.75. The van der Waals surface area contributed by atoms with Gasteiger partial charge in [0.2, 0.25) is 0 Å². The summed E-state index contributed by atoms with van der Waals surface area (Å²) in [6.07, 6.45) is 4.89. The van der Waals surface area contributed by atoms with Crippen LogP contribution in [0, 0.1) is 0 Å². The largest absolute Gasteiger partial charge is 0.493 e. The van der Waals surface area contributed by atoms with E-state index in [1.807, 2.05) is 24.3 Å². The van der Waals surface area contributed by atoms with E-state index in [1.165, 1.54) is 12.8 Å². The van der Waals surface area contributed by atoms with E-state index < -0.39 is 12.0 Å². The van der Waals surface area contributed by atoms with Gasteiger partial charge in [0, 0.05) is 6.42 Å². The third-order valence-corrected chi connectivity index (χ3v) is 2.99. The molecule has 4 nitrogen and oxygen atoms in total. The molecule has 0 heterocycles. The van der Waals surface area contributed by atoms with Gasteiger partial charge in [0.1, 0.15) is 11.8 Å². The molecule has 0 aliphatic heterocycles. The number of nitrogens with two attached hydrogens (primary N) is 1. The first-order chi connectivity index (χ1) is 9.15. The summed E-state index contributed by atoms with van der Waals surface area (Å²) in [6, 6.07) is 6.60. The Hall–Kier alpha value is -1.55. The van der Waals surface area contributed by atoms with Gasteiger partial charge in [-0.25, -0.2) is 0 Å². The SMILES string of the molecule is CCCCCCOc1ccccc1CC(N)C(=O)O. The van der Waals surface area contributed by atoms with Crippen LogP contribution in [0.3, 0.4) is 0 Å². The molecule has 0 aliphatic carbocycles. The van der Waals surface area contributed by atoms with Crippen LogP contribution in [0.4, 0.5) is 0 Å². The van der Waals surface area contributed by atoms with E-state index in [1.54, 1.807) is 0 Å². The minimum atomic E-state index is -0.988. The van der Waals surface area contributed by atoms with Crippen LogP contribution in [0.25, 0.3) is 0 Å². The normalized spacial score (nSPS) is 12.1. The zero-order valence-corrected chi connectivity index (χ0v) is 11.5. The van der Waals surface area contributed by atoms with Crippen LogP contribution in [0.1, 0.15) is 38.2 Å². The van der Waals surface area contributed by atoms with Gasteiger partial charge in [-0.3, -0.25) is 4.79 Å². The number of para-hydroxylation sites is 1. The highest BCUT2D eigenvalue weighted by Gasteiger charge is 2.14. The molecular formula is C15H23NO3. The van der Waals surface area contributed by atoms with Crippen LogP contribution in [-0.2, 0) is 11.2 Å². The van der Waals surface area contributed by atoms with Crippen molar-refractivity contribution >= 4 is 5.97 Å². The molecule has 4 heteroatoms. The van der Waals surface area contributed by atoms with Crippen molar-refractivity contribution in [1.82, 2.24) is 0 Å². The summed E-state index contributed by atoms with van der Waals surface area (Å²) in [4.78, 5) is 10.8. The van der Waals surface area contributed by atoms with E-state index in [0.29, 0.717) is 13.0 Å². The van der Waals surface area contributed by atoms with Gasteiger partial charge in [-0.05, 0) is 18.1 Å². The van der Waals surface area contributed by atoms with Crippen molar-refractivity contribution in [3.05, 3.63) is 29.8 Å². The lowest BCUT2D eigenvalue weighted by Crippen LogP contribution is -2.32. The van der Waals surface area contributed by atoms with Gasteiger partial charge < -0.3 is 15.6 Å². The van der Waals surface area contributed by atoms with Crippen LogP contribution < -0.4 is 10.5 Å². The molecule has 1 unspecified atom stereocenters. The van der Waals surface area contributed by atoms with Crippen molar-refractivity contribution in [1.29, 1.82) is 0 Å². The van der Waals surface area contributed by atoms with E-state index in [4.69, 9.17) is 15.6 Å². The number of rotatable bonds is 9. The summed E-state index contributed by atoms with van der Waals surface area (Å²) in [5, 5.41) is 8.84. The highest BCUT2D eigenvalue weighted by molar-refractivity contribution is 5.73. The fourth-order valence-corrected chi connectivity index (χ4v) is 1.85. The Kier molecular flexibility index (Phi) is 6.97. The van der Waals surface area contributed by atoms with E-state index in [-0.39, 0.29) is 0 Å². The fraction of sp³-hybridized carbons (Fsp3) is 0.533. The molecule has 1 aromatic rings. The van der Waals surface area contributed by atoms with Crippen molar-refractivity contribution < 1.29 is 14.6 Å². The Morgan fingerprint density at radius 3 is 2.74 bits per heavy atom. The molecule has 0 radical (unpaired) electrons. The lowest BCUT2D eigenvalue weighted by Gasteiger charge is -2.13. The van der Waals surface area contributed by atoms with Crippen LogP contribution in [-0.4, -0.2) is 23.7 Å². The molecule has 19 heavy (non-hydrogen) atoms. The van der Waals surface area contributed by atoms with Crippen molar-refractivity contribution in [2.24, 2.45) is 5.73 Å². The minimum Gasteiger partial charge on any atom is -0.493 e. The molecule has 0 saturated carbocycles. The van der Waals surface area contributed by atoms with Gasteiger partial charge in [-0.15, -0.1) is 0 Å². The van der Waals surface area contributed by atoms with Gasteiger partial charge in [-0.1, -0.05) is 44.4 Å². The molecule has 0 bridgehead atoms. The number of hydrogen-bond donors (Lipinski definition) is 2. The fourth-order valence-electron chi connectivity index (χ4n) is 1.85. The Morgan fingerprint density at radius 2 is 2.05 bits per heavy atom. The molecule has 3 N–H and O–H groups in total. The topological polar surface area (TPSA) is 72.5 Å². The predicted octanol–water partition coefficient (Wildman–Crippen LogP) is 2.60. The molecule has 0 spiro atoms. The molecule has 1 rings (SSSR count). The zero-order chi connectivity index (χ0) is 14.1. The predicted molar refractivity (Wildman–Crippen MR) is 75.4 cm³/mol. The Labute approximate surface area is 114 Å². The quantitative estimate of drug-likeness (QED) is 0.673. The first-order valence-electron chi connectivity index (χ1n) is 6.84. The van der Waals surface area contributed by atoms with Crippen LogP contribution >= 0.6 is 0 Å². The number of hydrogen-bond acceptors (Lipinski definition) is 3. The van der Waals surface area contributed by atoms with Crippen LogP contribution in [0.5, 0.6) is 5.75 Å². The summed E-state index contributed by atoms with van der Waals surface area (Å²) in [6.45, 7) is 2.84. The molecule has 0 fully saturated rings. The van der Waals surface area contributed by atoms with Crippen LogP contribution in [0.15, 0.2) is 24.3 Å². The van der Waals surface area contributed by atoms with Crippen molar-refractivity contribution in [3.63, 3.8) is 0 Å². The van der Waals surface area contributed by atoms with Crippen molar-refractivity contribution in [2.45, 2.75) is 45.1 Å². The van der Waals surface area contributed by atoms with Crippen LogP contribution in [0.2, 0.25) is 0 Å². The summed E-state index contributed by atoms with van der Waals surface area (Å²) >= 11 is 0. The van der Waals surface area contributed by atoms with Crippen molar-refractivity contribution in [3.8, 4) is 5.75 Å². The van der Waals surface area contributed by atoms with E-state index in [9.17, 15) is 4.79 Å². The highest BCUT2D eigenvalue weighted by Crippen LogP contribution is 2.19. The van der Waals surface area contributed by atoms with E-state index >= 15 is 0 Å². The summed E-state index contributed by atoms with van der Waals surface area (Å²) in [5.41, 5.74) is 6.41. The number of aliphatic carboxylic acids is 1. The highest BCUT2D eigenvalue weighted by atomic mass is 16.5. The maximum Gasteiger partial charge on any atom is 0.320 e.